The number of nitrogens with zero attached hydrogens (tertiary/aromatic N) is 2. The fourth-order valence-electron chi connectivity index (χ4n) is 4.96. The van der Waals surface area contributed by atoms with E-state index in [2.05, 4.69) is 0 Å². The van der Waals surface area contributed by atoms with Crippen molar-refractivity contribution in [3.05, 3.63) is 88.4 Å². The lowest BCUT2D eigenvalue weighted by atomic mass is 9.94. The molecule has 3 aromatic rings. The highest BCUT2D eigenvalue weighted by Crippen LogP contribution is 2.36. The summed E-state index contributed by atoms with van der Waals surface area (Å²) in [6.45, 7) is 0.268. The number of anilines is 1. The van der Waals surface area contributed by atoms with Crippen LogP contribution < -0.4 is 4.90 Å². The molecule has 1 heterocycles. The molecule has 2 aliphatic rings. The van der Waals surface area contributed by atoms with Crippen molar-refractivity contribution >= 4 is 39.9 Å². The standard InChI is InChI=1S/C28H27ClN2O3S/c1-30(22-7-3-2-4-8-22)27(32)20-13-16-26-24(17-20)31(18-19-11-14-21(29)15-12-19)28(33)23-9-5-6-10-25(23)35(26)34/h5-6,9-17,22H,2-4,7-8,18H2,1H3. The van der Waals surface area contributed by atoms with Crippen molar-refractivity contribution in [2.75, 3.05) is 11.9 Å². The van der Waals surface area contributed by atoms with Gasteiger partial charge >= 0.3 is 0 Å². The molecule has 1 aliphatic heterocycles. The molecule has 0 saturated heterocycles. The molecule has 1 atom stereocenters. The maximum absolute atomic E-state index is 13.7. The van der Waals surface area contributed by atoms with Gasteiger partial charge in [0.25, 0.3) is 11.8 Å². The lowest BCUT2D eigenvalue weighted by Crippen LogP contribution is -2.38. The van der Waals surface area contributed by atoms with Gasteiger partial charge in [0, 0.05) is 23.7 Å². The molecular weight excluding hydrogens is 480 g/mol. The Morgan fingerprint density at radius 3 is 2.46 bits per heavy atom. The fraction of sp³-hybridized carbons (Fsp3) is 0.286. The SMILES string of the molecule is CN(C(=O)c1ccc2c(c1)N(Cc1ccc(Cl)cc1)C(=O)c1ccccc1S2=O)C1CCCCC1. The van der Waals surface area contributed by atoms with Gasteiger partial charge in [0.15, 0.2) is 0 Å². The number of carbonyl (C=O) groups is 2. The summed E-state index contributed by atoms with van der Waals surface area (Å²) in [5.74, 6) is -0.320. The van der Waals surface area contributed by atoms with Crippen LogP contribution in [0.2, 0.25) is 5.02 Å². The van der Waals surface area contributed by atoms with E-state index < -0.39 is 10.8 Å². The third kappa shape index (κ3) is 4.65. The molecule has 1 unspecified atom stereocenters. The van der Waals surface area contributed by atoms with Crippen LogP contribution in [0.1, 0.15) is 58.4 Å². The van der Waals surface area contributed by atoms with E-state index in [1.54, 1.807) is 59.5 Å². The number of fused-ring (bicyclic) bond motifs is 2. The average Bonchev–Trinajstić information content (AvgIpc) is 2.99. The van der Waals surface area contributed by atoms with E-state index in [1.165, 1.54) is 6.42 Å². The third-order valence-corrected chi connectivity index (χ3v) is 8.71. The van der Waals surface area contributed by atoms with Gasteiger partial charge in [0.1, 0.15) is 0 Å². The lowest BCUT2D eigenvalue weighted by molar-refractivity contribution is 0.0696. The van der Waals surface area contributed by atoms with E-state index >= 15 is 0 Å². The summed E-state index contributed by atoms with van der Waals surface area (Å²) in [6.07, 6.45) is 5.49. The Kier molecular flexibility index (Phi) is 6.76. The van der Waals surface area contributed by atoms with E-state index in [-0.39, 0.29) is 24.4 Å². The summed E-state index contributed by atoms with van der Waals surface area (Å²) in [6, 6.07) is 19.7. The topological polar surface area (TPSA) is 57.7 Å². The summed E-state index contributed by atoms with van der Waals surface area (Å²) >= 11 is 6.06. The predicted octanol–water partition coefficient (Wildman–Crippen LogP) is 6.07. The molecule has 0 spiro atoms. The number of hydrogen-bond acceptors (Lipinski definition) is 3. The van der Waals surface area contributed by atoms with Gasteiger partial charge in [-0.3, -0.25) is 9.59 Å². The second kappa shape index (κ2) is 9.96. The first-order chi connectivity index (χ1) is 16.9. The third-order valence-electron chi connectivity index (χ3n) is 6.96. The van der Waals surface area contributed by atoms with Crippen LogP contribution in [-0.2, 0) is 17.3 Å². The zero-order chi connectivity index (χ0) is 24.5. The van der Waals surface area contributed by atoms with Crippen LogP contribution in [0.4, 0.5) is 5.69 Å². The smallest absolute Gasteiger partial charge is 0.259 e. The molecule has 7 heteroatoms. The molecule has 1 aliphatic carbocycles. The van der Waals surface area contributed by atoms with Crippen molar-refractivity contribution in [1.29, 1.82) is 0 Å². The first-order valence-electron chi connectivity index (χ1n) is 11.9. The molecule has 5 nitrogen and oxygen atoms in total. The zero-order valence-corrected chi connectivity index (χ0v) is 21.1. The monoisotopic (exact) mass is 506 g/mol. The summed E-state index contributed by atoms with van der Waals surface area (Å²) in [4.78, 5) is 31.6. The molecule has 0 aromatic heterocycles. The van der Waals surface area contributed by atoms with Crippen molar-refractivity contribution in [2.24, 2.45) is 0 Å². The van der Waals surface area contributed by atoms with Gasteiger partial charge in [0.05, 0.1) is 38.4 Å². The minimum Gasteiger partial charge on any atom is -0.339 e. The molecule has 0 N–H and O–H groups in total. The first kappa shape index (κ1) is 23.8. The van der Waals surface area contributed by atoms with Crippen LogP contribution in [0, 0.1) is 0 Å². The van der Waals surface area contributed by atoms with Crippen LogP contribution in [-0.4, -0.2) is 34.0 Å². The van der Waals surface area contributed by atoms with E-state index in [0.29, 0.717) is 31.6 Å². The van der Waals surface area contributed by atoms with Crippen molar-refractivity contribution in [1.82, 2.24) is 4.90 Å². The molecule has 180 valence electrons. The predicted molar refractivity (Wildman–Crippen MR) is 138 cm³/mol. The number of halogens is 1. The van der Waals surface area contributed by atoms with Crippen molar-refractivity contribution < 1.29 is 13.8 Å². The molecule has 3 aromatic carbocycles. The molecular formula is C28H27ClN2O3S. The zero-order valence-electron chi connectivity index (χ0n) is 19.6. The summed E-state index contributed by atoms with van der Waals surface area (Å²) in [5.41, 5.74) is 2.29. The van der Waals surface area contributed by atoms with Gasteiger partial charge in [-0.25, -0.2) is 4.21 Å². The largest absolute Gasteiger partial charge is 0.339 e. The molecule has 1 fully saturated rings. The highest BCUT2D eigenvalue weighted by atomic mass is 35.5. The Hall–Kier alpha value is -2.96. The molecule has 5 rings (SSSR count). The summed E-state index contributed by atoms with van der Waals surface area (Å²) in [5, 5.41) is 0.612. The number of carbonyl (C=O) groups excluding carboxylic acids is 2. The summed E-state index contributed by atoms with van der Waals surface area (Å²) < 4.78 is 13.6. The van der Waals surface area contributed by atoms with Crippen molar-refractivity contribution in [3.63, 3.8) is 0 Å². The normalized spacial score (nSPS) is 17.9. The molecule has 0 radical (unpaired) electrons. The van der Waals surface area contributed by atoms with Crippen LogP contribution in [0.3, 0.4) is 0 Å². The Balaban J connectivity index is 1.58. The van der Waals surface area contributed by atoms with Crippen molar-refractivity contribution in [3.8, 4) is 0 Å². The first-order valence-corrected chi connectivity index (χ1v) is 13.4. The minimum absolute atomic E-state index is 0.0777. The maximum Gasteiger partial charge on any atom is 0.259 e. The maximum atomic E-state index is 13.7. The Bertz CT molecular complexity index is 1300. The van der Waals surface area contributed by atoms with Crippen LogP contribution in [0.15, 0.2) is 76.5 Å². The second-order valence-corrected chi connectivity index (χ2v) is 11.0. The lowest BCUT2D eigenvalue weighted by Gasteiger charge is -2.31. The Morgan fingerprint density at radius 2 is 1.71 bits per heavy atom. The highest BCUT2D eigenvalue weighted by Gasteiger charge is 2.32. The number of rotatable bonds is 4. The van der Waals surface area contributed by atoms with Gasteiger partial charge in [-0.05, 0) is 60.9 Å². The van der Waals surface area contributed by atoms with Gasteiger partial charge in [0.2, 0.25) is 0 Å². The van der Waals surface area contributed by atoms with E-state index in [0.717, 1.165) is 31.2 Å². The quantitative estimate of drug-likeness (QED) is 0.431. The fourth-order valence-corrected chi connectivity index (χ4v) is 6.43. The van der Waals surface area contributed by atoms with Gasteiger partial charge in [-0.2, -0.15) is 0 Å². The molecule has 1 saturated carbocycles. The number of hydrogen-bond donors (Lipinski definition) is 0. The molecule has 2 amide bonds. The number of benzene rings is 3. The van der Waals surface area contributed by atoms with Gasteiger partial charge in [-0.15, -0.1) is 0 Å². The number of amides is 2. The van der Waals surface area contributed by atoms with Crippen LogP contribution in [0.25, 0.3) is 0 Å². The Morgan fingerprint density at radius 1 is 1.00 bits per heavy atom. The summed E-state index contributed by atoms with van der Waals surface area (Å²) in [7, 11) is 0.300. The van der Waals surface area contributed by atoms with E-state index in [1.807, 2.05) is 24.1 Å². The van der Waals surface area contributed by atoms with Crippen LogP contribution in [0.5, 0.6) is 0 Å². The van der Waals surface area contributed by atoms with Gasteiger partial charge in [-0.1, -0.05) is 55.1 Å². The minimum atomic E-state index is -1.56. The van der Waals surface area contributed by atoms with Crippen molar-refractivity contribution in [2.45, 2.75) is 54.5 Å². The average molecular weight is 507 g/mol. The second-order valence-electron chi connectivity index (χ2n) is 9.17. The highest BCUT2D eigenvalue weighted by molar-refractivity contribution is 7.85. The molecule has 35 heavy (non-hydrogen) atoms. The van der Waals surface area contributed by atoms with E-state index in [4.69, 9.17) is 11.6 Å². The van der Waals surface area contributed by atoms with Gasteiger partial charge < -0.3 is 9.80 Å². The van der Waals surface area contributed by atoms with Crippen LogP contribution >= 0.6 is 11.6 Å². The van der Waals surface area contributed by atoms with E-state index in [9.17, 15) is 13.8 Å². The molecule has 0 bridgehead atoms. The Labute approximate surface area is 213 Å².